The molecule has 1 saturated heterocycles. The summed E-state index contributed by atoms with van der Waals surface area (Å²) in [6.45, 7) is 13.1. The molecule has 0 amide bonds. The predicted octanol–water partition coefficient (Wildman–Crippen LogP) is 3.88. The van der Waals surface area contributed by atoms with Crippen LogP contribution in [0.4, 0.5) is 0 Å². The Hall–Kier alpha value is -0.353. The van der Waals surface area contributed by atoms with Gasteiger partial charge < -0.3 is 9.16 Å². The Balaban J connectivity index is 2.63. The van der Waals surface area contributed by atoms with Gasteiger partial charge in [-0.15, -0.1) is 0 Å². The zero-order chi connectivity index (χ0) is 14.0. The van der Waals surface area contributed by atoms with Crippen LogP contribution in [0.25, 0.3) is 0 Å². The highest BCUT2D eigenvalue weighted by Crippen LogP contribution is 2.38. The van der Waals surface area contributed by atoms with Crippen molar-refractivity contribution in [2.45, 2.75) is 83.7 Å². The molecule has 2 atom stereocenters. The molecule has 0 aromatic carbocycles. The van der Waals surface area contributed by atoms with E-state index in [4.69, 9.17) is 9.16 Å². The number of carbonyl (C=O) groups excluding carboxylic acids is 1. The van der Waals surface area contributed by atoms with Crippen molar-refractivity contribution in [2.24, 2.45) is 0 Å². The van der Waals surface area contributed by atoms with E-state index in [0.717, 1.165) is 19.3 Å². The van der Waals surface area contributed by atoms with Gasteiger partial charge in [0.1, 0.15) is 0 Å². The highest BCUT2D eigenvalue weighted by Gasteiger charge is 2.39. The number of esters is 1. The molecule has 1 heterocycles. The molecular formula is C14H28O3Si. The van der Waals surface area contributed by atoms with E-state index in [2.05, 4.69) is 33.9 Å². The lowest BCUT2D eigenvalue weighted by Crippen LogP contribution is -2.45. The molecule has 0 aromatic heterocycles. The zero-order valence-electron chi connectivity index (χ0n) is 12.7. The highest BCUT2D eigenvalue weighted by molar-refractivity contribution is 6.74. The third kappa shape index (κ3) is 4.39. The van der Waals surface area contributed by atoms with E-state index < -0.39 is 8.32 Å². The van der Waals surface area contributed by atoms with Gasteiger partial charge >= 0.3 is 5.97 Å². The van der Waals surface area contributed by atoms with Gasteiger partial charge in [0.2, 0.25) is 0 Å². The quantitative estimate of drug-likeness (QED) is 0.565. The molecule has 0 spiro atoms. The normalized spacial score (nSPS) is 27.3. The number of hydrogen-bond acceptors (Lipinski definition) is 3. The molecule has 106 valence electrons. The lowest BCUT2D eigenvalue weighted by molar-refractivity contribution is -0.152. The Morgan fingerprint density at radius 3 is 2.44 bits per heavy atom. The van der Waals surface area contributed by atoms with Gasteiger partial charge in [0.25, 0.3) is 0 Å². The first-order valence-corrected chi connectivity index (χ1v) is 9.90. The molecule has 0 bridgehead atoms. The Bertz CT molecular complexity index is 294. The first kappa shape index (κ1) is 15.7. The van der Waals surface area contributed by atoms with Crippen LogP contribution < -0.4 is 0 Å². The molecule has 3 nitrogen and oxygen atoms in total. The summed E-state index contributed by atoms with van der Waals surface area (Å²) in [5.41, 5.74) is 0. The molecule has 1 fully saturated rings. The molecule has 0 radical (unpaired) electrons. The second kappa shape index (κ2) is 5.74. The minimum atomic E-state index is -1.79. The van der Waals surface area contributed by atoms with E-state index >= 15 is 0 Å². The average Bonchev–Trinajstić information content (AvgIpc) is 2.12. The largest absolute Gasteiger partial charge is 0.463 e. The van der Waals surface area contributed by atoms with Gasteiger partial charge in [0, 0.05) is 0 Å². The molecule has 1 rings (SSSR count). The van der Waals surface area contributed by atoms with Crippen LogP contribution in [0.5, 0.6) is 0 Å². The van der Waals surface area contributed by atoms with Gasteiger partial charge in [-0.1, -0.05) is 20.8 Å². The molecule has 0 saturated carbocycles. The maximum Gasteiger partial charge on any atom is 0.308 e. The second-order valence-corrected chi connectivity index (χ2v) is 11.7. The fourth-order valence-electron chi connectivity index (χ4n) is 1.95. The van der Waals surface area contributed by atoms with E-state index in [1.165, 1.54) is 0 Å². The molecule has 1 aliphatic heterocycles. The summed E-state index contributed by atoms with van der Waals surface area (Å²) in [6.07, 6.45) is 3.52. The van der Waals surface area contributed by atoms with E-state index in [0.29, 0.717) is 6.42 Å². The summed E-state index contributed by atoms with van der Waals surface area (Å²) in [5, 5.41) is 0.187. The minimum Gasteiger partial charge on any atom is -0.463 e. The standard InChI is InChI=1S/C14H28O3Si/c1-11-8-7-9-12(10-13(15)16-11)17-18(5,6)14(2,3)4/h11-12H,7-10H2,1-6H3/t11-,12+/m1/s1. The summed E-state index contributed by atoms with van der Waals surface area (Å²) in [6, 6.07) is 0. The monoisotopic (exact) mass is 272 g/mol. The van der Waals surface area contributed by atoms with Crippen LogP contribution in [0.3, 0.4) is 0 Å². The van der Waals surface area contributed by atoms with E-state index in [1.54, 1.807) is 0 Å². The minimum absolute atomic E-state index is 0.0471. The lowest BCUT2D eigenvalue weighted by Gasteiger charge is -2.39. The molecule has 1 aliphatic rings. The van der Waals surface area contributed by atoms with Gasteiger partial charge in [-0.2, -0.15) is 0 Å². The van der Waals surface area contributed by atoms with Crippen molar-refractivity contribution in [2.75, 3.05) is 0 Å². The van der Waals surface area contributed by atoms with E-state index in [9.17, 15) is 4.79 Å². The van der Waals surface area contributed by atoms with Crippen LogP contribution in [0, 0.1) is 0 Å². The summed E-state index contributed by atoms with van der Waals surface area (Å²) in [7, 11) is -1.79. The smallest absolute Gasteiger partial charge is 0.308 e. The van der Waals surface area contributed by atoms with Gasteiger partial charge in [0.15, 0.2) is 8.32 Å². The van der Waals surface area contributed by atoms with Crippen molar-refractivity contribution in [3.8, 4) is 0 Å². The van der Waals surface area contributed by atoms with E-state index in [-0.39, 0.29) is 23.2 Å². The van der Waals surface area contributed by atoms with Gasteiger partial charge in [-0.05, 0) is 44.3 Å². The number of cyclic esters (lactones) is 1. The molecule has 0 unspecified atom stereocenters. The van der Waals surface area contributed by atoms with Crippen molar-refractivity contribution in [3.63, 3.8) is 0 Å². The number of carbonyl (C=O) groups is 1. The summed E-state index contributed by atoms with van der Waals surface area (Å²) >= 11 is 0. The lowest BCUT2D eigenvalue weighted by atomic mass is 10.1. The van der Waals surface area contributed by atoms with Crippen LogP contribution in [-0.4, -0.2) is 26.5 Å². The van der Waals surface area contributed by atoms with Crippen molar-refractivity contribution in [1.29, 1.82) is 0 Å². The Kier molecular flexibility index (Phi) is 5.01. The van der Waals surface area contributed by atoms with Crippen molar-refractivity contribution >= 4 is 14.3 Å². The van der Waals surface area contributed by atoms with Crippen molar-refractivity contribution in [1.82, 2.24) is 0 Å². The molecule has 4 heteroatoms. The maximum atomic E-state index is 11.7. The first-order valence-electron chi connectivity index (χ1n) is 6.99. The summed E-state index contributed by atoms with van der Waals surface area (Å²) in [5.74, 6) is -0.106. The number of ether oxygens (including phenoxy) is 1. The first-order chi connectivity index (χ1) is 8.12. The summed E-state index contributed by atoms with van der Waals surface area (Å²) in [4.78, 5) is 11.7. The molecule has 0 aliphatic carbocycles. The van der Waals surface area contributed by atoms with Crippen molar-refractivity contribution in [3.05, 3.63) is 0 Å². The molecular weight excluding hydrogens is 244 g/mol. The van der Waals surface area contributed by atoms with Crippen LogP contribution in [0.2, 0.25) is 18.1 Å². The van der Waals surface area contributed by atoms with Crippen LogP contribution in [0.15, 0.2) is 0 Å². The third-order valence-electron chi connectivity index (χ3n) is 4.13. The highest BCUT2D eigenvalue weighted by atomic mass is 28.4. The Labute approximate surface area is 112 Å². The molecule has 0 N–H and O–H groups in total. The Morgan fingerprint density at radius 1 is 1.28 bits per heavy atom. The summed E-state index contributed by atoms with van der Waals surface area (Å²) < 4.78 is 11.6. The number of hydrogen-bond donors (Lipinski definition) is 0. The maximum absolute atomic E-state index is 11.7. The van der Waals surface area contributed by atoms with Gasteiger partial charge in [-0.25, -0.2) is 0 Å². The fourth-order valence-corrected chi connectivity index (χ4v) is 3.33. The van der Waals surface area contributed by atoms with E-state index in [1.807, 2.05) is 6.92 Å². The molecule has 18 heavy (non-hydrogen) atoms. The van der Waals surface area contributed by atoms with Gasteiger partial charge in [0.05, 0.1) is 18.6 Å². The van der Waals surface area contributed by atoms with Crippen LogP contribution >= 0.6 is 0 Å². The fraction of sp³-hybridized carbons (Fsp3) is 0.929. The topological polar surface area (TPSA) is 35.5 Å². The van der Waals surface area contributed by atoms with Gasteiger partial charge in [-0.3, -0.25) is 4.79 Å². The molecule has 0 aromatic rings. The number of rotatable bonds is 2. The predicted molar refractivity (Wildman–Crippen MR) is 76.1 cm³/mol. The average molecular weight is 272 g/mol. The van der Waals surface area contributed by atoms with Crippen LogP contribution in [-0.2, 0) is 14.0 Å². The van der Waals surface area contributed by atoms with Crippen LogP contribution in [0.1, 0.15) is 53.4 Å². The SMILES string of the molecule is C[C@@H]1CCC[C@H](O[Si](C)(C)C(C)(C)C)CC(=O)O1. The zero-order valence-corrected chi connectivity index (χ0v) is 13.7. The third-order valence-corrected chi connectivity index (χ3v) is 8.67. The Morgan fingerprint density at radius 2 is 1.89 bits per heavy atom. The van der Waals surface area contributed by atoms with Crippen molar-refractivity contribution < 1.29 is 14.0 Å². The second-order valence-electron chi connectivity index (χ2n) is 6.94.